The molecule has 0 aromatic rings. The Labute approximate surface area is 677 Å². The first-order chi connectivity index (χ1) is 54.7. The first-order valence-corrected chi connectivity index (χ1v) is 45.0. The van der Waals surface area contributed by atoms with Crippen LogP contribution in [0.4, 0.5) is 0 Å². The van der Waals surface area contributed by atoms with Gasteiger partial charge in [-0.3, -0.25) is 37.3 Å². The van der Waals surface area contributed by atoms with E-state index in [0.29, 0.717) is 38.5 Å². The van der Waals surface area contributed by atoms with E-state index in [1.165, 1.54) is 38.5 Å². The predicted octanol–water partition coefficient (Wildman–Crippen LogP) is 25.2. The van der Waals surface area contributed by atoms with E-state index in [9.17, 15) is 43.2 Å². The summed E-state index contributed by atoms with van der Waals surface area (Å²) in [4.78, 5) is 73.2. The highest BCUT2D eigenvalue weighted by molar-refractivity contribution is 7.47. The van der Waals surface area contributed by atoms with Crippen LogP contribution in [0.15, 0.2) is 219 Å². The van der Waals surface area contributed by atoms with Gasteiger partial charge in [-0.25, -0.2) is 9.13 Å². The summed E-state index contributed by atoms with van der Waals surface area (Å²) < 4.78 is 68.5. The van der Waals surface area contributed by atoms with Gasteiger partial charge in [-0.2, -0.15) is 0 Å². The molecule has 0 aromatic carbocycles. The molecule has 0 amide bonds. The Morgan fingerprint density at radius 2 is 0.482 bits per heavy atom. The molecule has 3 N–H and O–H groups in total. The number of unbranched alkanes of at least 4 members (excludes halogenated alkanes) is 14. The number of hydrogen-bond donors (Lipinski definition) is 3. The molecule has 0 aliphatic heterocycles. The minimum atomic E-state index is -5.03. The molecule has 630 valence electrons. The number of rotatable bonds is 76. The number of aliphatic hydroxyl groups excluding tert-OH is 1. The van der Waals surface area contributed by atoms with Crippen LogP contribution in [0.1, 0.15) is 285 Å². The number of phosphoric acid groups is 2. The summed E-state index contributed by atoms with van der Waals surface area (Å²) >= 11 is 0. The van der Waals surface area contributed by atoms with Crippen LogP contribution in [0, 0.1) is 0 Å². The average Bonchev–Trinajstić information content (AvgIpc) is 0.898. The van der Waals surface area contributed by atoms with Crippen LogP contribution in [0.5, 0.6) is 0 Å². The number of esters is 4. The maximum Gasteiger partial charge on any atom is 0.472 e. The summed E-state index contributed by atoms with van der Waals surface area (Å²) in [5.74, 6) is -2.45. The third-order valence-electron chi connectivity index (χ3n) is 16.4. The molecule has 0 heterocycles. The highest BCUT2D eigenvalue weighted by Gasteiger charge is 2.30. The molecule has 0 saturated heterocycles. The van der Waals surface area contributed by atoms with Crippen LogP contribution >= 0.6 is 15.6 Å². The second-order valence-corrected chi connectivity index (χ2v) is 29.8. The van der Waals surface area contributed by atoms with Crippen LogP contribution in [0.25, 0.3) is 0 Å². The van der Waals surface area contributed by atoms with E-state index in [0.717, 1.165) is 154 Å². The molecule has 0 radical (unpaired) electrons. The van der Waals surface area contributed by atoms with E-state index >= 15 is 0 Å². The van der Waals surface area contributed by atoms with E-state index in [1.807, 2.05) is 36.5 Å². The maximum absolute atomic E-state index is 13.1. The minimum absolute atomic E-state index is 0.0105. The summed E-state index contributed by atoms with van der Waals surface area (Å²) in [7, 11) is -10.0. The van der Waals surface area contributed by atoms with Crippen LogP contribution in [-0.4, -0.2) is 96.7 Å². The van der Waals surface area contributed by atoms with Crippen molar-refractivity contribution in [3.63, 3.8) is 0 Å². The number of hydrogen-bond acceptors (Lipinski definition) is 15. The van der Waals surface area contributed by atoms with Gasteiger partial charge in [0.05, 0.1) is 26.4 Å². The van der Waals surface area contributed by atoms with Crippen molar-refractivity contribution < 1.29 is 80.2 Å². The molecule has 5 atom stereocenters. The Balaban J connectivity index is 5.59. The highest BCUT2D eigenvalue weighted by Crippen LogP contribution is 2.45. The molecule has 0 saturated carbocycles. The van der Waals surface area contributed by atoms with Crippen molar-refractivity contribution in [1.82, 2.24) is 0 Å². The van der Waals surface area contributed by atoms with Gasteiger partial charge in [-0.05, 0) is 180 Å². The van der Waals surface area contributed by atoms with Gasteiger partial charge in [-0.15, -0.1) is 0 Å². The molecule has 0 bridgehead atoms. The molecule has 0 aromatic heterocycles. The van der Waals surface area contributed by atoms with Gasteiger partial charge in [0.25, 0.3) is 0 Å². The Morgan fingerprint density at radius 3 is 0.795 bits per heavy atom. The van der Waals surface area contributed by atoms with Gasteiger partial charge in [0, 0.05) is 25.7 Å². The zero-order valence-electron chi connectivity index (χ0n) is 69.0. The molecule has 0 rings (SSSR count). The number of carbonyl (C=O) groups is 4. The van der Waals surface area contributed by atoms with Gasteiger partial charge in [0.2, 0.25) is 0 Å². The first kappa shape index (κ1) is 105. The second kappa shape index (κ2) is 82.4. The normalized spacial score (nSPS) is 14.9. The topological polar surface area (TPSA) is 237 Å². The summed E-state index contributed by atoms with van der Waals surface area (Å²) in [6.07, 6.45) is 105. The zero-order chi connectivity index (χ0) is 81.7. The Morgan fingerprint density at radius 1 is 0.259 bits per heavy atom. The van der Waals surface area contributed by atoms with Gasteiger partial charge < -0.3 is 33.8 Å². The Hall–Kier alpha value is -6.62. The van der Waals surface area contributed by atoms with Crippen molar-refractivity contribution in [2.75, 3.05) is 39.6 Å². The van der Waals surface area contributed by atoms with Crippen LogP contribution in [0.3, 0.4) is 0 Å². The first-order valence-electron chi connectivity index (χ1n) is 42.0. The van der Waals surface area contributed by atoms with Crippen molar-refractivity contribution in [2.24, 2.45) is 0 Å². The van der Waals surface area contributed by atoms with Crippen molar-refractivity contribution in [3.8, 4) is 0 Å². The van der Waals surface area contributed by atoms with Gasteiger partial charge in [-0.1, -0.05) is 298 Å². The monoisotopic (exact) mass is 1600 g/mol. The van der Waals surface area contributed by atoms with E-state index < -0.39 is 97.5 Å². The van der Waals surface area contributed by atoms with E-state index in [-0.39, 0.29) is 25.7 Å². The minimum Gasteiger partial charge on any atom is -0.462 e. The summed E-state index contributed by atoms with van der Waals surface area (Å²) in [5.41, 5.74) is 0. The largest absolute Gasteiger partial charge is 0.472 e. The number of aliphatic hydroxyl groups is 1. The van der Waals surface area contributed by atoms with Crippen LogP contribution in [-0.2, 0) is 65.4 Å². The standard InChI is InChI=1S/C93H146O17P2/c1-5-9-13-17-21-25-29-33-37-40-43-46-50-53-57-61-65-69-73-77-90(95)103-83-88(109-92(97)79-75-71-67-63-59-55-49-36-32-28-24-20-16-12-8-4)85-107-111(99,100)105-81-87(94)82-106-112(101,102)108-86-89(110-93(98)80-76-72-68-64-60-56-52-48-45-42-39-35-31-27-23-19-15-11-7-3)84-104-91(96)78-74-70-66-62-58-54-51-47-44-41-38-34-30-26-22-18-14-10-6-2/h9-10,13-14,21-28,33-39,43-49,53-54,56-58,60,66,68,70,72,87-89,94H,5-8,11-12,15-20,29-32,40-42,50-52,55,59,61-65,67,69,71,73-86H2,1-4H3,(H,99,100)(H,101,102)/b13-9-,14-10-,25-21-,26-22-,27-23-,28-24-,37-33-,38-34-,39-35-,46-43-,47-44-,48-45-,49-36-,57-53-,58-54-,60-56-,70-66-,72-68-/t87-,88+,89+/m0/s1. The van der Waals surface area contributed by atoms with Gasteiger partial charge in [0.1, 0.15) is 19.3 Å². The molecule has 0 fully saturated rings. The average molecular weight is 1600 g/mol. The summed E-state index contributed by atoms with van der Waals surface area (Å²) in [6, 6.07) is 0. The summed E-state index contributed by atoms with van der Waals surface area (Å²) in [6.45, 7) is 4.34. The van der Waals surface area contributed by atoms with Crippen molar-refractivity contribution >= 4 is 39.5 Å². The SMILES string of the molecule is CC/C=C\C/C=C\C/C=C\C/C=C\C/C=C\C/C=C\CCC(=O)OC[C@H](COP(=O)(O)OC[C@@H](O)COP(=O)(O)OC[C@@H](COC(=O)CCCCC/C=C\C/C=C\C/C=C\C/C=C\C/C=C\CC)OC(=O)CCCCCCC/C=C\C/C=C\CCCCC)OC(=O)CC/C=C\C/C=C\C/C=C\C/C=C\C/C=C\CCCCC. The van der Waals surface area contributed by atoms with Gasteiger partial charge in [0.15, 0.2) is 12.2 Å². The lowest BCUT2D eigenvalue weighted by Gasteiger charge is -2.21. The molecule has 2 unspecified atom stereocenters. The molecule has 0 spiro atoms. The van der Waals surface area contributed by atoms with E-state index in [2.05, 4.69) is 210 Å². The smallest absolute Gasteiger partial charge is 0.462 e. The third-order valence-corrected chi connectivity index (χ3v) is 18.3. The third kappa shape index (κ3) is 81.4. The molecule has 0 aliphatic carbocycles. The van der Waals surface area contributed by atoms with Crippen molar-refractivity contribution in [1.29, 1.82) is 0 Å². The fraction of sp³-hybridized carbons (Fsp3) is 0.570. The van der Waals surface area contributed by atoms with Crippen molar-refractivity contribution in [3.05, 3.63) is 219 Å². The summed E-state index contributed by atoms with van der Waals surface area (Å²) in [5, 5.41) is 10.7. The lowest BCUT2D eigenvalue weighted by Crippen LogP contribution is -2.30. The lowest BCUT2D eigenvalue weighted by atomic mass is 10.1. The van der Waals surface area contributed by atoms with Crippen LogP contribution in [0.2, 0.25) is 0 Å². The second-order valence-electron chi connectivity index (χ2n) is 26.9. The molecule has 112 heavy (non-hydrogen) atoms. The Kier molecular flexibility index (Phi) is 77.5. The molecule has 19 heteroatoms. The van der Waals surface area contributed by atoms with E-state index in [4.69, 9.17) is 37.0 Å². The number of phosphoric ester groups is 2. The fourth-order valence-electron chi connectivity index (χ4n) is 10.1. The number of allylic oxidation sites excluding steroid dienone is 36. The Bertz CT molecular complexity index is 2990. The zero-order valence-corrected chi connectivity index (χ0v) is 70.8. The number of carbonyl (C=O) groups excluding carboxylic acids is 4. The molecular weight excluding hydrogens is 1450 g/mol. The molecular formula is C93H146O17P2. The van der Waals surface area contributed by atoms with E-state index in [1.54, 1.807) is 0 Å². The maximum atomic E-state index is 13.1. The molecule has 0 aliphatic rings. The highest BCUT2D eigenvalue weighted by atomic mass is 31.2. The van der Waals surface area contributed by atoms with Gasteiger partial charge >= 0.3 is 39.5 Å². The van der Waals surface area contributed by atoms with Crippen LogP contribution < -0.4 is 0 Å². The van der Waals surface area contributed by atoms with Crippen molar-refractivity contribution in [2.45, 2.75) is 303 Å². The lowest BCUT2D eigenvalue weighted by molar-refractivity contribution is -0.161. The predicted molar refractivity (Wildman–Crippen MR) is 463 cm³/mol. The number of ether oxygens (including phenoxy) is 4. The molecule has 17 nitrogen and oxygen atoms in total. The fourth-order valence-corrected chi connectivity index (χ4v) is 11.7. The quantitative estimate of drug-likeness (QED) is 0.0169.